The molecular formula is C3H10CaNO6P. The van der Waals surface area contributed by atoms with Crippen molar-refractivity contribution in [3.8, 4) is 0 Å². The van der Waals surface area contributed by atoms with Gasteiger partial charge < -0.3 is 20.0 Å². The van der Waals surface area contributed by atoms with Gasteiger partial charge in [-0.05, 0) is 0 Å². The first kappa shape index (κ1) is 15.3. The molecule has 12 heavy (non-hydrogen) atoms. The number of aliphatic hydroxyl groups excluding tert-OH is 1. The summed E-state index contributed by atoms with van der Waals surface area (Å²) in [6.45, 7) is -0.875. The van der Waals surface area contributed by atoms with Crippen molar-refractivity contribution in [1.82, 2.24) is 5.09 Å². The number of aliphatic hydroxyl groups is 1. The second-order valence-electron chi connectivity index (χ2n) is 1.75. The van der Waals surface area contributed by atoms with Gasteiger partial charge in [-0.15, -0.1) is 0 Å². The van der Waals surface area contributed by atoms with Gasteiger partial charge in [0, 0.05) is 0 Å². The molecule has 5 N–H and O–H groups in total. The van der Waals surface area contributed by atoms with Crippen molar-refractivity contribution in [1.29, 1.82) is 0 Å². The second-order valence-corrected chi connectivity index (χ2v) is 3.09. The van der Waals surface area contributed by atoms with Crippen molar-refractivity contribution in [2.75, 3.05) is 6.61 Å². The molecule has 1 atom stereocenters. The quantitative estimate of drug-likeness (QED) is 0.259. The first-order chi connectivity index (χ1) is 4.87. The average Bonchev–Trinajstić information content (AvgIpc) is 1.80. The summed E-state index contributed by atoms with van der Waals surface area (Å²) in [5.74, 6) is -1.52. The Morgan fingerprint density at radius 2 is 1.92 bits per heavy atom. The maximum atomic E-state index is 10.1. The predicted molar refractivity (Wildman–Crippen MR) is 42.2 cm³/mol. The van der Waals surface area contributed by atoms with Crippen LogP contribution in [0.4, 0.5) is 0 Å². The van der Waals surface area contributed by atoms with Crippen LogP contribution in [-0.4, -0.2) is 76.4 Å². The number of aliphatic carboxylic acids is 1. The first-order valence-electron chi connectivity index (χ1n) is 2.54. The van der Waals surface area contributed by atoms with Crippen molar-refractivity contribution < 1.29 is 29.4 Å². The van der Waals surface area contributed by atoms with Crippen LogP contribution in [0.5, 0.6) is 0 Å². The van der Waals surface area contributed by atoms with Crippen molar-refractivity contribution in [2.45, 2.75) is 6.04 Å². The van der Waals surface area contributed by atoms with Crippen molar-refractivity contribution >= 4 is 51.5 Å². The number of hydrogen-bond acceptors (Lipinski definition) is 3. The molecule has 0 heterocycles. The Bertz CT molecular complexity index is 191. The minimum absolute atomic E-state index is 0. The summed E-state index contributed by atoms with van der Waals surface area (Å²) in [6, 6.07) is -1.63. The molecule has 0 bridgehead atoms. The summed E-state index contributed by atoms with van der Waals surface area (Å²) in [7, 11) is -4.58. The zero-order valence-corrected chi connectivity index (χ0v) is 6.23. The molecule has 0 aliphatic heterocycles. The van der Waals surface area contributed by atoms with E-state index in [2.05, 4.69) is 0 Å². The number of rotatable bonds is 4. The Hall–Kier alpha value is 0.800. The van der Waals surface area contributed by atoms with Crippen LogP contribution in [0.2, 0.25) is 0 Å². The van der Waals surface area contributed by atoms with E-state index in [9.17, 15) is 9.36 Å². The van der Waals surface area contributed by atoms with Crippen LogP contribution in [0.3, 0.4) is 0 Å². The Morgan fingerprint density at radius 1 is 1.50 bits per heavy atom. The van der Waals surface area contributed by atoms with E-state index in [1.807, 2.05) is 0 Å². The van der Waals surface area contributed by atoms with Crippen LogP contribution in [0.25, 0.3) is 0 Å². The van der Waals surface area contributed by atoms with Gasteiger partial charge in [-0.3, -0.25) is 4.79 Å². The molecular weight excluding hydrogens is 217 g/mol. The van der Waals surface area contributed by atoms with Gasteiger partial charge in [-0.2, -0.15) is 0 Å². The Morgan fingerprint density at radius 3 is 2.00 bits per heavy atom. The zero-order valence-electron chi connectivity index (χ0n) is 5.34. The van der Waals surface area contributed by atoms with Crippen LogP contribution >= 0.6 is 7.75 Å². The summed E-state index contributed by atoms with van der Waals surface area (Å²) in [4.78, 5) is 26.4. The molecule has 0 aromatic rings. The molecule has 70 valence electrons. The van der Waals surface area contributed by atoms with E-state index in [1.165, 1.54) is 5.09 Å². The number of carboxylic acids is 1. The molecule has 0 saturated heterocycles. The SMILES string of the molecule is O=C(O)C(CO)NP(=O)(O)O.[CaH2]. The van der Waals surface area contributed by atoms with Gasteiger partial charge in [0.25, 0.3) is 0 Å². The van der Waals surface area contributed by atoms with Crippen LogP contribution in [0.15, 0.2) is 0 Å². The van der Waals surface area contributed by atoms with Crippen LogP contribution in [0.1, 0.15) is 0 Å². The van der Waals surface area contributed by atoms with E-state index >= 15 is 0 Å². The average molecular weight is 227 g/mol. The number of hydrogen-bond donors (Lipinski definition) is 5. The summed E-state index contributed by atoms with van der Waals surface area (Å²) < 4.78 is 10.1. The van der Waals surface area contributed by atoms with Gasteiger partial charge in [0.15, 0.2) is 0 Å². The Labute approximate surface area is 98.0 Å². The fourth-order valence-corrected chi connectivity index (χ4v) is 0.975. The summed E-state index contributed by atoms with van der Waals surface area (Å²) in [5, 5.41) is 17.9. The third-order valence-electron chi connectivity index (χ3n) is 0.805. The fourth-order valence-electron chi connectivity index (χ4n) is 0.377. The van der Waals surface area contributed by atoms with Crippen molar-refractivity contribution in [3.05, 3.63) is 0 Å². The summed E-state index contributed by atoms with van der Waals surface area (Å²) in [5.41, 5.74) is 0. The first-order valence-corrected chi connectivity index (χ1v) is 4.15. The topological polar surface area (TPSA) is 127 Å². The standard InChI is InChI=1S/C3H8NO6P.Ca.2H/c5-1-2(3(6)7)4-11(8,9)10;;;/h2,5H,1H2,(H,6,7)(H3,4,8,9,10);;;. The molecule has 0 saturated carbocycles. The van der Waals surface area contributed by atoms with Crippen LogP contribution in [-0.2, 0) is 9.36 Å². The number of carbonyl (C=O) groups is 1. The normalized spacial score (nSPS) is 13.2. The third-order valence-corrected chi connectivity index (χ3v) is 1.45. The second kappa shape index (κ2) is 6.28. The summed E-state index contributed by atoms with van der Waals surface area (Å²) in [6.07, 6.45) is 0. The molecule has 0 aliphatic carbocycles. The van der Waals surface area contributed by atoms with Crippen LogP contribution in [0, 0.1) is 0 Å². The molecule has 0 aliphatic rings. The van der Waals surface area contributed by atoms with Gasteiger partial charge in [0.2, 0.25) is 0 Å². The molecule has 0 rings (SSSR count). The van der Waals surface area contributed by atoms with E-state index < -0.39 is 26.4 Å². The predicted octanol–water partition coefficient (Wildman–Crippen LogP) is -2.80. The molecule has 0 aromatic heterocycles. The van der Waals surface area contributed by atoms with Gasteiger partial charge in [0.05, 0.1) is 6.61 Å². The molecule has 0 aromatic carbocycles. The zero-order chi connectivity index (χ0) is 9.07. The minimum atomic E-state index is -4.58. The van der Waals surface area contributed by atoms with E-state index in [-0.39, 0.29) is 37.7 Å². The van der Waals surface area contributed by atoms with E-state index in [1.54, 1.807) is 0 Å². The van der Waals surface area contributed by atoms with Crippen molar-refractivity contribution in [2.24, 2.45) is 0 Å². The number of carboxylic acid groups (broad SMARTS) is 1. The molecule has 0 radical (unpaired) electrons. The Balaban J connectivity index is 0. The van der Waals surface area contributed by atoms with Gasteiger partial charge in [-0.1, -0.05) is 0 Å². The number of nitrogens with one attached hydrogen (secondary N) is 1. The fraction of sp³-hybridized carbons (Fsp3) is 0.667. The van der Waals surface area contributed by atoms with Crippen LogP contribution < -0.4 is 5.09 Å². The van der Waals surface area contributed by atoms with Gasteiger partial charge in [-0.25, -0.2) is 9.65 Å². The third kappa shape index (κ3) is 7.45. The van der Waals surface area contributed by atoms with E-state index in [4.69, 9.17) is 20.0 Å². The molecule has 9 heteroatoms. The van der Waals surface area contributed by atoms with Crippen molar-refractivity contribution in [3.63, 3.8) is 0 Å². The monoisotopic (exact) mass is 227 g/mol. The van der Waals surface area contributed by atoms with Gasteiger partial charge >= 0.3 is 51.5 Å². The molecule has 0 spiro atoms. The van der Waals surface area contributed by atoms with Gasteiger partial charge in [0.1, 0.15) is 6.04 Å². The summed E-state index contributed by atoms with van der Waals surface area (Å²) >= 11 is 0. The Kier molecular flexibility index (Phi) is 8.00. The van der Waals surface area contributed by atoms with E-state index in [0.29, 0.717) is 0 Å². The molecule has 0 fully saturated rings. The molecule has 7 nitrogen and oxygen atoms in total. The maximum absolute atomic E-state index is 10.1. The molecule has 0 amide bonds. The molecule has 1 unspecified atom stereocenters. The van der Waals surface area contributed by atoms with E-state index in [0.717, 1.165) is 0 Å².